The molecule has 1 heteroatoms. The molecule has 2 rings (SSSR count). The minimum atomic E-state index is -0.0267. The predicted octanol–water partition coefficient (Wildman–Crippen LogP) is 5.80. The molecule has 18 heavy (non-hydrogen) atoms. The van der Waals surface area contributed by atoms with Crippen LogP contribution in [0.1, 0.15) is 66.2 Å². The van der Waals surface area contributed by atoms with Crippen molar-refractivity contribution in [2.75, 3.05) is 0 Å². The van der Waals surface area contributed by atoms with Crippen LogP contribution in [0, 0.1) is 16.7 Å². The predicted molar refractivity (Wildman–Crippen MR) is 76.0 cm³/mol. The maximum absolute atomic E-state index is 13.1. The first-order chi connectivity index (χ1) is 8.51. The lowest BCUT2D eigenvalue weighted by Crippen LogP contribution is -2.20. The lowest BCUT2D eigenvalue weighted by molar-refractivity contribution is 0.223. The lowest BCUT2D eigenvalue weighted by Gasteiger charge is -2.29. The van der Waals surface area contributed by atoms with Crippen LogP contribution in [0.2, 0.25) is 0 Å². The first kappa shape index (κ1) is 13.8. The summed E-state index contributed by atoms with van der Waals surface area (Å²) in [7, 11) is 0. The van der Waals surface area contributed by atoms with E-state index in [0.717, 1.165) is 18.8 Å². The third-order valence-corrected chi connectivity index (χ3v) is 5.82. The maximum Gasteiger partial charge on any atom is 0.119 e. The summed E-state index contributed by atoms with van der Waals surface area (Å²) in [6.07, 6.45) is 10.6. The van der Waals surface area contributed by atoms with Crippen molar-refractivity contribution in [2.45, 2.75) is 66.2 Å². The van der Waals surface area contributed by atoms with E-state index in [1.807, 2.05) is 0 Å². The molecule has 0 radical (unpaired) electrons. The van der Waals surface area contributed by atoms with Crippen LogP contribution < -0.4 is 0 Å². The SMILES string of the molecule is CCC(CC)C1(C)CC1(CC)CC1=CC(F)=CC1. The zero-order valence-electron chi connectivity index (χ0n) is 12.4. The Morgan fingerprint density at radius 2 is 1.94 bits per heavy atom. The molecule has 2 atom stereocenters. The zero-order chi connectivity index (χ0) is 13.4. The Hall–Kier alpha value is -0.590. The lowest BCUT2D eigenvalue weighted by atomic mass is 9.76. The second-order valence-electron chi connectivity index (χ2n) is 6.51. The fourth-order valence-electron chi connectivity index (χ4n) is 4.44. The molecule has 0 saturated heterocycles. The van der Waals surface area contributed by atoms with Crippen LogP contribution in [0.25, 0.3) is 0 Å². The Labute approximate surface area is 111 Å². The Morgan fingerprint density at radius 1 is 1.28 bits per heavy atom. The average molecular weight is 250 g/mol. The van der Waals surface area contributed by atoms with Crippen molar-refractivity contribution in [1.82, 2.24) is 0 Å². The normalized spacial score (nSPS) is 34.8. The van der Waals surface area contributed by atoms with Gasteiger partial charge in [0.15, 0.2) is 0 Å². The molecule has 0 heterocycles. The quantitative estimate of drug-likeness (QED) is 0.558. The highest BCUT2D eigenvalue weighted by Gasteiger charge is 2.64. The van der Waals surface area contributed by atoms with Gasteiger partial charge in [0.2, 0.25) is 0 Å². The van der Waals surface area contributed by atoms with E-state index in [0.29, 0.717) is 10.8 Å². The number of allylic oxidation sites excluding steroid dienone is 4. The van der Waals surface area contributed by atoms with Crippen molar-refractivity contribution in [1.29, 1.82) is 0 Å². The molecule has 0 amide bonds. The summed E-state index contributed by atoms with van der Waals surface area (Å²) in [6.45, 7) is 9.41. The Kier molecular flexibility index (Phi) is 3.71. The van der Waals surface area contributed by atoms with Crippen molar-refractivity contribution in [3.63, 3.8) is 0 Å². The van der Waals surface area contributed by atoms with Crippen molar-refractivity contribution < 1.29 is 4.39 Å². The van der Waals surface area contributed by atoms with Crippen LogP contribution in [0.5, 0.6) is 0 Å². The van der Waals surface area contributed by atoms with Crippen LogP contribution in [0.4, 0.5) is 4.39 Å². The van der Waals surface area contributed by atoms with E-state index in [1.165, 1.54) is 31.3 Å². The highest BCUT2D eigenvalue weighted by molar-refractivity contribution is 5.31. The monoisotopic (exact) mass is 250 g/mol. The van der Waals surface area contributed by atoms with Crippen molar-refractivity contribution in [3.8, 4) is 0 Å². The van der Waals surface area contributed by atoms with Gasteiger partial charge >= 0.3 is 0 Å². The van der Waals surface area contributed by atoms with Crippen molar-refractivity contribution in [2.24, 2.45) is 16.7 Å². The maximum atomic E-state index is 13.1. The molecule has 2 unspecified atom stereocenters. The molecule has 0 bridgehead atoms. The van der Waals surface area contributed by atoms with E-state index < -0.39 is 0 Å². The van der Waals surface area contributed by atoms with Crippen LogP contribution >= 0.6 is 0 Å². The summed E-state index contributed by atoms with van der Waals surface area (Å²) in [6, 6.07) is 0. The molecule has 1 saturated carbocycles. The van der Waals surface area contributed by atoms with Crippen molar-refractivity contribution >= 4 is 0 Å². The second kappa shape index (κ2) is 4.83. The number of hydrogen-bond acceptors (Lipinski definition) is 0. The first-order valence-corrected chi connectivity index (χ1v) is 7.56. The summed E-state index contributed by atoms with van der Waals surface area (Å²) >= 11 is 0. The standard InChI is InChI=1S/C17H27F/c1-5-14(6-2)16(4)12-17(16,7-3)11-13-8-9-15(18)10-13/h9-10,14H,5-8,11-12H2,1-4H3. The number of halogens is 1. The molecule has 0 aliphatic heterocycles. The fraction of sp³-hybridized carbons (Fsp3) is 0.765. The van der Waals surface area contributed by atoms with E-state index >= 15 is 0 Å². The molecule has 0 spiro atoms. The van der Waals surface area contributed by atoms with Gasteiger partial charge in [-0.05, 0) is 54.6 Å². The van der Waals surface area contributed by atoms with Gasteiger partial charge < -0.3 is 0 Å². The van der Waals surface area contributed by atoms with E-state index in [9.17, 15) is 4.39 Å². The molecule has 1 fully saturated rings. The molecule has 0 aromatic heterocycles. The minimum absolute atomic E-state index is 0.0267. The molecule has 0 nitrogen and oxygen atoms in total. The molecule has 2 aliphatic carbocycles. The Balaban J connectivity index is 2.09. The van der Waals surface area contributed by atoms with Crippen LogP contribution in [-0.4, -0.2) is 0 Å². The molecule has 102 valence electrons. The third-order valence-electron chi connectivity index (χ3n) is 5.82. The van der Waals surface area contributed by atoms with Gasteiger partial charge in [-0.15, -0.1) is 0 Å². The zero-order valence-corrected chi connectivity index (χ0v) is 12.4. The minimum Gasteiger partial charge on any atom is -0.207 e. The average Bonchev–Trinajstić information content (AvgIpc) is 2.71. The molecule has 0 aromatic rings. The van der Waals surface area contributed by atoms with Crippen LogP contribution in [0.3, 0.4) is 0 Å². The molecule has 0 N–H and O–H groups in total. The third kappa shape index (κ3) is 2.06. The second-order valence-corrected chi connectivity index (χ2v) is 6.51. The largest absolute Gasteiger partial charge is 0.207 e. The Morgan fingerprint density at radius 3 is 2.39 bits per heavy atom. The smallest absolute Gasteiger partial charge is 0.119 e. The van der Waals surface area contributed by atoms with Crippen LogP contribution in [0.15, 0.2) is 23.6 Å². The van der Waals surface area contributed by atoms with Gasteiger partial charge in [-0.3, -0.25) is 0 Å². The summed E-state index contributed by atoms with van der Waals surface area (Å²) in [5.41, 5.74) is 2.25. The molecule has 0 aromatic carbocycles. The Bertz CT molecular complexity index is 375. The molecule has 2 aliphatic rings. The van der Waals surface area contributed by atoms with Gasteiger partial charge in [0.05, 0.1) is 0 Å². The van der Waals surface area contributed by atoms with Gasteiger partial charge in [-0.25, -0.2) is 4.39 Å². The topological polar surface area (TPSA) is 0 Å². The van der Waals surface area contributed by atoms with Crippen molar-refractivity contribution in [3.05, 3.63) is 23.6 Å². The van der Waals surface area contributed by atoms with E-state index in [1.54, 1.807) is 12.2 Å². The van der Waals surface area contributed by atoms with Gasteiger partial charge in [-0.2, -0.15) is 0 Å². The summed E-state index contributed by atoms with van der Waals surface area (Å²) < 4.78 is 13.1. The number of rotatable bonds is 6. The highest BCUT2D eigenvalue weighted by Crippen LogP contribution is 2.73. The van der Waals surface area contributed by atoms with Gasteiger partial charge in [0, 0.05) is 0 Å². The molecular formula is C17H27F. The highest BCUT2D eigenvalue weighted by atomic mass is 19.1. The first-order valence-electron chi connectivity index (χ1n) is 7.56. The summed E-state index contributed by atoms with van der Waals surface area (Å²) in [5.74, 6) is 0.804. The fourth-order valence-corrected chi connectivity index (χ4v) is 4.44. The van der Waals surface area contributed by atoms with E-state index in [2.05, 4.69) is 27.7 Å². The summed E-state index contributed by atoms with van der Waals surface area (Å²) in [5, 5.41) is 0. The number of hydrogen-bond donors (Lipinski definition) is 0. The van der Waals surface area contributed by atoms with Crippen LogP contribution in [-0.2, 0) is 0 Å². The summed E-state index contributed by atoms with van der Waals surface area (Å²) in [4.78, 5) is 0. The van der Waals surface area contributed by atoms with E-state index in [4.69, 9.17) is 0 Å². The van der Waals surface area contributed by atoms with Gasteiger partial charge in [0.1, 0.15) is 5.83 Å². The molecular weight excluding hydrogens is 223 g/mol. The van der Waals surface area contributed by atoms with Gasteiger partial charge in [-0.1, -0.05) is 46.1 Å². The van der Waals surface area contributed by atoms with Gasteiger partial charge in [0.25, 0.3) is 0 Å². The van der Waals surface area contributed by atoms with E-state index in [-0.39, 0.29) is 5.83 Å².